The quantitative estimate of drug-likeness (QED) is 0.660. The van der Waals surface area contributed by atoms with Crippen LogP contribution in [0.3, 0.4) is 0 Å². The molecule has 2 aromatic rings. The first-order valence-corrected chi connectivity index (χ1v) is 11.2. The first-order valence-electron chi connectivity index (χ1n) is 11.2. The summed E-state index contributed by atoms with van der Waals surface area (Å²) in [6.45, 7) is 8.21. The van der Waals surface area contributed by atoms with Gasteiger partial charge in [0.1, 0.15) is 12.0 Å². The molecule has 1 atom stereocenters. The molecule has 1 unspecified atom stereocenters. The van der Waals surface area contributed by atoms with Gasteiger partial charge in [0.05, 0.1) is 6.61 Å². The Morgan fingerprint density at radius 3 is 2.53 bits per heavy atom. The Morgan fingerprint density at radius 2 is 1.77 bits per heavy atom. The first kappa shape index (κ1) is 23.1. The lowest BCUT2D eigenvalue weighted by Gasteiger charge is -2.34. The molecule has 0 radical (unpaired) electrons. The minimum Gasteiger partial charge on any atom is -0.493 e. The summed E-state index contributed by atoms with van der Waals surface area (Å²) in [5.74, 6) is 1.72. The lowest BCUT2D eigenvalue weighted by molar-refractivity contribution is -0.00370. The van der Waals surface area contributed by atoms with Gasteiger partial charge in [-0.1, -0.05) is 49.4 Å². The highest BCUT2D eigenvalue weighted by Gasteiger charge is 2.30. The number of aliphatic hydroxyl groups is 1. The number of benzene rings is 2. The largest absolute Gasteiger partial charge is 0.493 e. The normalized spacial score (nSPS) is 20.0. The van der Waals surface area contributed by atoms with Gasteiger partial charge in [0.25, 0.3) is 0 Å². The van der Waals surface area contributed by atoms with Gasteiger partial charge in [0.15, 0.2) is 0 Å². The molecule has 1 saturated heterocycles. The third-order valence-electron chi connectivity index (χ3n) is 6.38. The van der Waals surface area contributed by atoms with E-state index in [4.69, 9.17) is 4.74 Å². The van der Waals surface area contributed by atoms with Crippen LogP contribution in [0.1, 0.15) is 49.1 Å². The first-order chi connectivity index (χ1) is 14.2. The van der Waals surface area contributed by atoms with Gasteiger partial charge in [-0.25, -0.2) is 0 Å². The molecule has 0 aliphatic carbocycles. The fourth-order valence-electron chi connectivity index (χ4n) is 4.66. The van der Waals surface area contributed by atoms with Crippen molar-refractivity contribution in [2.45, 2.75) is 45.4 Å². The van der Waals surface area contributed by atoms with E-state index in [0.717, 1.165) is 63.5 Å². The topological polar surface area (TPSA) is 35.9 Å². The van der Waals surface area contributed by atoms with Crippen molar-refractivity contribution in [2.75, 3.05) is 32.8 Å². The molecule has 4 nitrogen and oxygen atoms in total. The fourth-order valence-corrected chi connectivity index (χ4v) is 4.66. The van der Waals surface area contributed by atoms with E-state index < -0.39 is 6.23 Å². The Bertz CT molecular complexity index is 792. The Hall–Kier alpha value is -1.59. The number of fused-ring (bicyclic) bond motifs is 1. The summed E-state index contributed by atoms with van der Waals surface area (Å²) >= 11 is 0. The van der Waals surface area contributed by atoms with Crippen LogP contribution in [0, 0.1) is 5.92 Å². The van der Waals surface area contributed by atoms with Crippen LogP contribution in [0.4, 0.5) is 0 Å². The number of likely N-dealkylation sites (tertiary alicyclic amines) is 1. The highest BCUT2D eigenvalue weighted by atomic mass is 35.5. The summed E-state index contributed by atoms with van der Waals surface area (Å²) < 4.78 is 5.91. The van der Waals surface area contributed by atoms with Gasteiger partial charge in [0.2, 0.25) is 0 Å². The van der Waals surface area contributed by atoms with Crippen LogP contribution in [0.15, 0.2) is 48.5 Å². The molecule has 2 aromatic carbocycles. The van der Waals surface area contributed by atoms with Crippen LogP contribution in [0.25, 0.3) is 0 Å². The standard InChI is InChI=1S/C25H34N2O2.ClH/c1-2-17-29-24-10-6-4-7-21(24)13-16-26-14-11-20(12-15-26)18-27-19-22-8-3-5-9-23(22)25(27)28;/h3-10,20,25,28H,2,11-19H2,1H3;1H. The number of piperidine rings is 1. The second kappa shape index (κ2) is 11.1. The van der Waals surface area contributed by atoms with E-state index in [0.29, 0.717) is 5.92 Å². The smallest absolute Gasteiger partial charge is 0.134 e. The lowest BCUT2D eigenvalue weighted by Crippen LogP contribution is -2.39. The maximum absolute atomic E-state index is 10.6. The molecule has 0 aromatic heterocycles. The maximum atomic E-state index is 10.6. The van der Waals surface area contributed by atoms with Crippen molar-refractivity contribution in [2.24, 2.45) is 5.92 Å². The minimum atomic E-state index is -0.427. The highest BCUT2D eigenvalue weighted by molar-refractivity contribution is 5.85. The average Bonchev–Trinajstić information content (AvgIpc) is 3.08. The van der Waals surface area contributed by atoms with Gasteiger partial charge >= 0.3 is 0 Å². The molecular weight excluding hydrogens is 396 g/mol. The molecule has 0 amide bonds. The van der Waals surface area contributed by atoms with Gasteiger partial charge in [-0.3, -0.25) is 4.90 Å². The number of halogens is 1. The van der Waals surface area contributed by atoms with Gasteiger partial charge < -0.3 is 14.7 Å². The second-order valence-electron chi connectivity index (χ2n) is 8.49. The third kappa shape index (κ3) is 5.55. The van der Waals surface area contributed by atoms with Crippen LogP contribution in [0.5, 0.6) is 5.75 Å². The van der Waals surface area contributed by atoms with E-state index >= 15 is 0 Å². The van der Waals surface area contributed by atoms with Gasteiger partial charge in [-0.05, 0) is 67.4 Å². The molecule has 0 saturated carbocycles. The van der Waals surface area contributed by atoms with E-state index in [1.54, 1.807) is 0 Å². The zero-order chi connectivity index (χ0) is 20.1. The van der Waals surface area contributed by atoms with Crippen molar-refractivity contribution in [3.63, 3.8) is 0 Å². The molecular formula is C25H35ClN2O2. The van der Waals surface area contributed by atoms with Crippen molar-refractivity contribution in [1.29, 1.82) is 0 Å². The van der Waals surface area contributed by atoms with Crippen LogP contribution >= 0.6 is 12.4 Å². The van der Waals surface area contributed by atoms with Crippen LogP contribution in [0.2, 0.25) is 0 Å². The van der Waals surface area contributed by atoms with Crippen molar-refractivity contribution in [3.8, 4) is 5.75 Å². The molecule has 2 heterocycles. The molecule has 0 bridgehead atoms. The highest BCUT2D eigenvalue weighted by Crippen LogP contribution is 2.33. The SMILES string of the molecule is CCCOc1ccccc1CCN1CCC(CN2Cc3ccccc3C2O)CC1.Cl. The summed E-state index contributed by atoms with van der Waals surface area (Å²) in [5, 5.41) is 10.6. The summed E-state index contributed by atoms with van der Waals surface area (Å²) in [6.07, 6.45) is 4.09. The number of ether oxygens (including phenoxy) is 1. The molecule has 2 aliphatic heterocycles. The van der Waals surface area contributed by atoms with Crippen molar-refractivity contribution in [3.05, 3.63) is 65.2 Å². The summed E-state index contributed by atoms with van der Waals surface area (Å²) in [4.78, 5) is 4.83. The lowest BCUT2D eigenvalue weighted by atomic mass is 9.95. The number of nitrogens with zero attached hydrogens (tertiary/aromatic N) is 2. The summed E-state index contributed by atoms with van der Waals surface area (Å²) in [7, 11) is 0. The number of rotatable bonds is 8. The van der Waals surface area contributed by atoms with E-state index in [-0.39, 0.29) is 12.4 Å². The molecule has 1 fully saturated rings. The Labute approximate surface area is 187 Å². The number of hydrogen-bond donors (Lipinski definition) is 1. The van der Waals surface area contributed by atoms with E-state index in [1.807, 2.05) is 6.07 Å². The van der Waals surface area contributed by atoms with E-state index in [9.17, 15) is 5.11 Å². The Morgan fingerprint density at radius 1 is 1.03 bits per heavy atom. The Balaban J connectivity index is 0.00000256. The molecule has 0 spiro atoms. The zero-order valence-corrected chi connectivity index (χ0v) is 18.8. The average molecular weight is 431 g/mol. The molecule has 5 heteroatoms. The summed E-state index contributed by atoms with van der Waals surface area (Å²) in [5.41, 5.74) is 3.69. The predicted molar refractivity (Wildman–Crippen MR) is 124 cm³/mol. The van der Waals surface area contributed by atoms with E-state index in [2.05, 4.69) is 59.2 Å². The third-order valence-corrected chi connectivity index (χ3v) is 6.38. The van der Waals surface area contributed by atoms with Gasteiger partial charge in [0, 0.05) is 19.6 Å². The fraction of sp³-hybridized carbons (Fsp3) is 0.520. The zero-order valence-electron chi connectivity index (χ0n) is 18.0. The second-order valence-corrected chi connectivity index (χ2v) is 8.49. The van der Waals surface area contributed by atoms with Crippen LogP contribution < -0.4 is 4.74 Å². The van der Waals surface area contributed by atoms with Crippen molar-refractivity contribution >= 4 is 12.4 Å². The molecule has 1 N–H and O–H groups in total. The van der Waals surface area contributed by atoms with Gasteiger partial charge in [-0.15, -0.1) is 12.4 Å². The molecule has 30 heavy (non-hydrogen) atoms. The predicted octanol–water partition coefficient (Wildman–Crippen LogP) is 4.66. The minimum absolute atomic E-state index is 0. The van der Waals surface area contributed by atoms with Gasteiger partial charge in [-0.2, -0.15) is 0 Å². The van der Waals surface area contributed by atoms with Crippen molar-refractivity contribution < 1.29 is 9.84 Å². The van der Waals surface area contributed by atoms with Crippen molar-refractivity contribution in [1.82, 2.24) is 9.80 Å². The monoisotopic (exact) mass is 430 g/mol. The number of para-hydroxylation sites is 1. The number of aliphatic hydroxyl groups excluding tert-OH is 1. The number of hydrogen-bond acceptors (Lipinski definition) is 4. The van der Waals surface area contributed by atoms with Crippen LogP contribution in [-0.4, -0.2) is 47.7 Å². The Kier molecular flexibility index (Phi) is 8.58. The molecule has 4 rings (SSSR count). The maximum Gasteiger partial charge on any atom is 0.134 e. The van der Waals surface area contributed by atoms with E-state index in [1.165, 1.54) is 24.0 Å². The summed E-state index contributed by atoms with van der Waals surface area (Å²) in [6, 6.07) is 16.8. The molecule has 164 valence electrons. The van der Waals surface area contributed by atoms with Crippen LogP contribution in [-0.2, 0) is 13.0 Å². The molecule has 2 aliphatic rings.